The molecule has 6 heteroatoms. The number of carbonyl (C=O) groups excluding carboxylic acids is 2. The minimum Gasteiger partial charge on any atom is -0.324 e. The fourth-order valence-corrected chi connectivity index (χ4v) is 4.41. The normalized spacial score (nSPS) is 27.6. The standard InChI is InChI=1S/C22H20FN3O2/c23-17-7-4-8-18(13-17)26-20(27)14-19(21(26)28)25-11-9-22(15-24,10-12-25)16-5-2-1-3-6-16/h1-8,13,19H,9-12,14H2/p+1/t19-/m0/s1. The molecule has 5 nitrogen and oxygen atoms in total. The molecular formula is C22H21FN3O2+. The number of rotatable bonds is 3. The number of nitrogens with zero attached hydrogens (tertiary/aromatic N) is 2. The zero-order chi connectivity index (χ0) is 19.7. The molecular weight excluding hydrogens is 357 g/mol. The molecule has 28 heavy (non-hydrogen) atoms. The van der Waals surface area contributed by atoms with Gasteiger partial charge in [0.15, 0.2) is 6.04 Å². The van der Waals surface area contributed by atoms with Gasteiger partial charge in [0.05, 0.1) is 36.7 Å². The molecule has 2 saturated heterocycles. The number of nitrogens with one attached hydrogen (secondary N) is 1. The highest BCUT2D eigenvalue weighted by molar-refractivity contribution is 6.21. The number of anilines is 1. The molecule has 1 N–H and O–H groups in total. The maximum absolute atomic E-state index is 13.5. The van der Waals surface area contributed by atoms with E-state index < -0.39 is 17.3 Å². The number of imide groups is 1. The number of piperidine rings is 1. The van der Waals surface area contributed by atoms with Crippen LogP contribution in [0.15, 0.2) is 54.6 Å². The summed E-state index contributed by atoms with van der Waals surface area (Å²) in [6.07, 6.45) is 1.40. The highest BCUT2D eigenvalue weighted by Crippen LogP contribution is 2.32. The highest BCUT2D eigenvalue weighted by Gasteiger charge is 2.49. The summed E-state index contributed by atoms with van der Waals surface area (Å²) in [6, 6.07) is 17.3. The Labute approximate surface area is 163 Å². The lowest BCUT2D eigenvalue weighted by molar-refractivity contribution is -0.920. The minimum atomic E-state index is -0.543. The summed E-state index contributed by atoms with van der Waals surface area (Å²) < 4.78 is 13.5. The van der Waals surface area contributed by atoms with Gasteiger partial charge >= 0.3 is 0 Å². The predicted molar refractivity (Wildman–Crippen MR) is 101 cm³/mol. The average Bonchev–Trinajstić information content (AvgIpc) is 3.02. The third-order valence-electron chi connectivity index (χ3n) is 5.99. The van der Waals surface area contributed by atoms with E-state index in [1.165, 1.54) is 18.2 Å². The Morgan fingerprint density at radius 1 is 1.07 bits per heavy atom. The van der Waals surface area contributed by atoms with Gasteiger partial charge in [-0.1, -0.05) is 36.4 Å². The summed E-state index contributed by atoms with van der Waals surface area (Å²) in [5, 5.41) is 9.83. The van der Waals surface area contributed by atoms with Crippen LogP contribution in [-0.4, -0.2) is 30.9 Å². The Morgan fingerprint density at radius 3 is 2.43 bits per heavy atom. The van der Waals surface area contributed by atoms with Gasteiger partial charge in [-0.25, -0.2) is 9.29 Å². The van der Waals surface area contributed by atoms with Crippen molar-refractivity contribution in [3.05, 3.63) is 66.0 Å². The number of likely N-dealkylation sites (tertiary alicyclic amines) is 1. The van der Waals surface area contributed by atoms with E-state index in [0.717, 1.165) is 15.4 Å². The Morgan fingerprint density at radius 2 is 1.79 bits per heavy atom. The molecule has 1 atom stereocenters. The van der Waals surface area contributed by atoms with Gasteiger partial charge in [0.1, 0.15) is 5.82 Å². The summed E-state index contributed by atoms with van der Waals surface area (Å²) in [5.74, 6) is -1.06. The van der Waals surface area contributed by atoms with Gasteiger partial charge in [-0.3, -0.25) is 9.59 Å². The van der Waals surface area contributed by atoms with Crippen LogP contribution in [0.3, 0.4) is 0 Å². The van der Waals surface area contributed by atoms with Crippen LogP contribution in [0.1, 0.15) is 24.8 Å². The molecule has 4 rings (SSSR count). The van der Waals surface area contributed by atoms with Crippen LogP contribution in [0.25, 0.3) is 0 Å². The number of halogens is 1. The number of carbonyl (C=O) groups is 2. The van der Waals surface area contributed by atoms with Crippen LogP contribution in [-0.2, 0) is 15.0 Å². The molecule has 0 spiro atoms. The van der Waals surface area contributed by atoms with Crippen LogP contribution in [0.4, 0.5) is 10.1 Å². The molecule has 0 aromatic heterocycles. The van der Waals surface area contributed by atoms with Crippen LogP contribution >= 0.6 is 0 Å². The fraction of sp³-hybridized carbons (Fsp3) is 0.318. The first-order chi connectivity index (χ1) is 13.5. The largest absolute Gasteiger partial charge is 0.324 e. The van der Waals surface area contributed by atoms with E-state index in [9.17, 15) is 19.2 Å². The monoisotopic (exact) mass is 378 g/mol. The van der Waals surface area contributed by atoms with Gasteiger partial charge < -0.3 is 4.90 Å². The van der Waals surface area contributed by atoms with Gasteiger partial charge in [-0.05, 0) is 23.8 Å². The Balaban J connectivity index is 1.50. The summed E-state index contributed by atoms with van der Waals surface area (Å²) >= 11 is 0. The van der Waals surface area contributed by atoms with Crippen LogP contribution < -0.4 is 9.80 Å². The summed E-state index contributed by atoms with van der Waals surface area (Å²) in [5.41, 5.74) is 0.745. The van der Waals surface area contributed by atoms with E-state index in [2.05, 4.69) is 6.07 Å². The van der Waals surface area contributed by atoms with Crippen LogP contribution in [0.2, 0.25) is 0 Å². The van der Waals surface area contributed by atoms with Gasteiger partial charge in [0, 0.05) is 12.8 Å². The van der Waals surface area contributed by atoms with E-state index in [1.807, 2.05) is 30.3 Å². The van der Waals surface area contributed by atoms with Crippen LogP contribution in [0, 0.1) is 17.1 Å². The van der Waals surface area contributed by atoms with Crippen molar-refractivity contribution in [2.24, 2.45) is 0 Å². The van der Waals surface area contributed by atoms with Crippen molar-refractivity contribution in [3.63, 3.8) is 0 Å². The number of hydrogen-bond acceptors (Lipinski definition) is 3. The lowest BCUT2D eigenvalue weighted by Gasteiger charge is -2.37. The zero-order valence-electron chi connectivity index (χ0n) is 15.4. The second-order valence-electron chi connectivity index (χ2n) is 7.52. The van der Waals surface area contributed by atoms with Crippen LogP contribution in [0.5, 0.6) is 0 Å². The maximum Gasteiger partial charge on any atom is 0.292 e. The number of amides is 2. The molecule has 0 saturated carbocycles. The van der Waals surface area contributed by atoms with E-state index in [1.54, 1.807) is 6.07 Å². The molecule has 0 bridgehead atoms. The molecule has 0 radical (unpaired) electrons. The van der Waals surface area contributed by atoms with Crippen molar-refractivity contribution in [1.29, 1.82) is 5.26 Å². The fourth-order valence-electron chi connectivity index (χ4n) is 4.41. The van der Waals surface area contributed by atoms with E-state index in [0.29, 0.717) is 25.9 Å². The molecule has 2 fully saturated rings. The quantitative estimate of drug-likeness (QED) is 0.825. The number of benzene rings is 2. The van der Waals surface area contributed by atoms with E-state index in [4.69, 9.17) is 0 Å². The average molecular weight is 378 g/mol. The number of quaternary nitrogens is 1. The SMILES string of the molecule is N#CC1(c2ccccc2)CC[NH+]([C@H]2CC(=O)N(c3cccc(F)c3)C2=O)CC1. The minimum absolute atomic E-state index is 0.121. The molecule has 142 valence electrons. The molecule has 2 aromatic rings. The predicted octanol–water partition coefficient (Wildman–Crippen LogP) is 1.60. The van der Waals surface area contributed by atoms with Crippen molar-refractivity contribution in [3.8, 4) is 6.07 Å². The molecule has 2 heterocycles. The van der Waals surface area contributed by atoms with Crippen molar-refractivity contribution in [2.45, 2.75) is 30.7 Å². The third kappa shape index (κ3) is 3.08. The maximum atomic E-state index is 13.5. The third-order valence-corrected chi connectivity index (χ3v) is 5.99. The van der Waals surface area contributed by atoms with Crippen molar-refractivity contribution in [2.75, 3.05) is 18.0 Å². The first-order valence-electron chi connectivity index (χ1n) is 9.48. The van der Waals surface area contributed by atoms with Gasteiger partial charge in [-0.15, -0.1) is 0 Å². The Bertz CT molecular complexity index is 946. The Hall–Kier alpha value is -3.04. The van der Waals surface area contributed by atoms with E-state index >= 15 is 0 Å². The summed E-state index contributed by atoms with van der Waals surface area (Å²) in [6.45, 7) is 1.28. The first kappa shape index (κ1) is 18.3. The number of nitriles is 1. The second kappa shape index (κ2) is 7.17. The van der Waals surface area contributed by atoms with Crippen molar-refractivity contribution in [1.82, 2.24) is 0 Å². The molecule has 2 amide bonds. The molecule has 0 unspecified atom stereocenters. The molecule has 2 aliphatic rings. The second-order valence-corrected chi connectivity index (χ2v) is 7.52. The molecule has 2 aliphatic heterocycles. The smallest absolute Gasteiger partial charge is 0.292 e. The lowest BCUT2D eigenvalue weighted by Crippen LogP contribution is -3.18. The van der Waals surface area contributed by atoms with Gasteiger partial charge in [0.2, 0.25) is 5.91 Å². The van der Waals surface area contributed by atoms with Gasteiger partial charge in [-0.2, -0.15) is 5.26 Å². The van der Waals surface area contributed by atoms with E-state index in [-0.39, 0.29) is 23.9 Å². The zero-order valence-corrected chi connectivity index (χ0v) is 15.4. The van der Waals surface area contributed by atoms with Crippen molar-refractivity contribution >= 4 is 17.5 Å². The Kier molecular flexibility index (Phi) is 4.70. The van der Waals surface area contributed by atoms with Crippen molar-refractivity contribution < 1.29 is 18.9 Å². The topological polar surface area (TPSA) is 65.6 Å². The highest BCUT2D eigenvalue weighted by atomic mass is 19.1. The summed E-state index contributed by atoms with van der Waals surface area (Å²) in [4.78, 5) is 27.5. The molecule has 2 aromatic carbocycles. The first-order valence-corrected chi connectivity index (χ1v) is 9.48. The lowest BCUT2D eigenvalue weighted by atomic mass is 9.74. The molecule has 0 aliphatic carbocycles. The number of hydrogen-bond donors (Lipinski definition) is 1. The van der Waals surface area contributed by atoms with Gasteiger partial charge in [0.25, 0.3) is 5.91 Å². The summed E-state index contributed by atoms with van der Waals surface area (Å²) in [7, 11) is 0.